The third-order valence-corrected chi connectivity index (χ3v) is 16.0. The second-order valence-electron chi connectivity index (χ2n) is 20.2. The van der Waals surface area contributed by atoms with E-state index in [4.69, 9.17) is 28.4 Å². The van der Waals surface area contributed by atoms with E-state index >= 15 is 0 Å². The molecule has 0 spiro atoms. The molecule has 3 saturated carbocycles. The molecule has 0 amide bonds. The van der Waals surface area contributed by atoms with Crippen LogP contribution in [0, 0.1) is 34.0 Å². The fraction of sp³-hybridized carbons (Fsp3) is 0.932. The second-order valence-corrected chi connectivity index (χ2v) is 20.2. The lowest BCUT2D eigenvalue weighted by Crippen LogP contribution is -2.67. The van der Waals surface area contributed by atoms with Gasteiger partial charge in [0.25, 0.3) is 0 Å². The highest BCUT2D eigenvalue weighted by atomic mass is 16.8. The topological polar surface area (TPSA) is 335 Å². The third-order valence-electron chi connectivity index (χ3n) is 16.0. The normalized spacial score (nSPS) is 48.0. The van der Waals surface area contributed by atoms with Gasteiger partial charge in [-0.2, -0.15) is 0 Å². The van der Waals surface area contributed by atoms with Crippen molar-refractivity contribution in [3.63, 3.8) is 0 Å². The Morgan fingerprint density at radius 1 is 0.703 bits per heavy atom. The Bertz CT molecular complexity index is 1560. The highest BCUT2D eigenvalue weighted by molar-refractivity contribution is 5.77. The van der Waals surface area contributed by atoms with E-state index in [2.05, 4.69) is 20.4 Å². The van der Waals surface area contributed by atoms with Crippen LogP contribution in [0.2, 0.25) is 0 Å². The molecule has 20 nitrogen and oxygen atoms in total. The van der Waals surface area contributed by atoms with Crippen LogP contribution in [0.3, 0.4) is 0 Å². The van der Waals surface area contributed by atoms with E-state index in [9.17, 15) is 71.2 Å². The van der Waals surface area contributed by atoms with Crippen LogP contribution in [-0.4, -0.2) is 203 Å². The van der Waals surface area contributed by atoms with Gasteiger partial charge in [-0.3, -0.25) is 4.79 Å². The number of fused-ring (bicyclic) bond motifs is 3. The minimum absolute atomic E-state index is 0.0613. The molecule has 6 aliphatic rings. The average molecular weight is 923 g/mol. The number of aliphatic hydroxyl groups is 13. The van der Waals surface area contributed by atoms with Crippen molar-refractivity contribution < 1.29 is 99.6 Å². The molecule has 370 valence electrons. The van der Waals surface area contributed by atoms with E-state index in [0.717, 1.165) is 24.8 Å². The van der Waals surface area contributed by atoms with Crippen LogP contribution in [0.1, 0.15) is 91.4 Å². The molecule has 3 aliphatic heterocycles. The number of ether oxygens (including phenoxy) is 6. The van der Waals surface area contributed by atoms with Crippen molar-refractivity contribution in [2.24, 2.45) is 34.0 Å². The van der Waals surface area contributed by atoms with Gasteiger partial charge < -0.3 is 94.8 Å². The fourth-order valence-electron chi connectivity index (χ4n) is 12.4. The van der Waals surface area contributed by atoms with Crippen LogP contribution in [0.25, 0.3) is 0 Å². The minimum atomic E-state index is -1.94. The van der Waals surface area contributed by atoms with Crippen LogP contribution in [0.4, 0.5) is 0 Å². The molecular formula is C44H74O20. The van der Waals surface area contributed by atoms with Crippen LogP contribution >= 0.6 is 0 Å². The molecule has 6 fully saturated rings. The van der Waals surface area contributed by atoms with Gasteiger partial charge in [0, 0.05) is 12.8 Å². The molecule has 3 aliphatic carbocycles. The first-order valence-corrected chi connectivity index (χ1v) is 22.9. The summed E-state index contributed by atoms with van der Waals surface area (Å²) in [6, 6.07) is 0. The van der Waals surface area contributed by atoms with Crippen molar-refractivity contribution in [3.8, 4) is 0 Å². The van der Waals surface area contributed by atoms with Crippen molar-refractivity contribution in [1.82, 2.24) is 0 Å². The maximum absolute atomic E-state index is 15.0. The van der Waals surface area contributed by atoms with Crippen LogP contribution in [-0.2, 0) is 33.2 Å². The van der Waals surface area contributed by atoms with Gasteiger partial charge in [-0.1, -0.05) is 32.4 Å². The lowest BCUT2D eigenvalue weighted by Gasteiger charge is -2.62. The summed E-state index contributed by atoms with van der Waals surface area (Å²) in [5.41, 5.74) is -0.690. The summed E-state index contributed by atoms with van der Waals surface area (Å²) in [5.74, 6) is -0.821. The number of hydrogen-bond acceptors (Lipinski definition) is 20. The summed E-state index contributed by atoms with van der Waals surface area (Å²) in [6.07, 6.45) is -21.2. The second kappa shape index (κ2) is 21.0. The zero-order valence-corrected chi connectivity index (χ0v) is 37.0. The Morgan fingerprint density at radius 2 is 1.33 bits per heavy atom. The standard InChI is InChI=1S/C44H74O20/c1-20-15-42(2)11-8-31-43(3,30(42)7-6-21(20)12-22(49)13-23(50)26(53)16-45)9-5-10-44(31,4)41(58)64-40-37(63-38-25(52)14-24(51)27(17-46)59-38)36(33(55)29(19-48)61-40)62-39-35(57)34(56)32(54)28(18-47)60-39/h21-40,45-57H,1,5-19H2,2-4H3/t21-,22?,23?,24?,25?,26?,27?,28?,29?,30-,31+,32?,33?,34?,35?,36?,37?,38?,39?,40?,42-,43+,44-/m1/s1. The molecule has 3 heterocycles. The Balaban J connectivity index is 1.26. The summed E-state index contributed by atoms with van der Waals surface area (Å²) in [7, 11) is 0. The van der Waals surface area contributed by atoms with Gasteiger partial charge in [0.2, 0.25) is 6.29 Å². The number of esters is 1. The monoisotopic (exact) mass is 922 g/mol. The van der Waals surface area contributed by atoms with E-state index in [1.807, 2.05) is 6.92 Å². The van der Waals surface area contributed by atoms with Gasteiger partial charge >= 0.3 is 5.97 Å². The van der Waals surface area contributed by atoms with Gasteiger partial charge in [-0.15, -0.1) is 0 Å². The molecule has 3 saturated heterocycles. The van der Waals surface area contributed by atoms with Gasteiger partial charge in [0.15, 0.2) is 18.7 Å². The molecule has 0 aromatic rings. The predicted octanol–water partition coefficient (Wildman–Crippen LogP) is -2.55. The van der Waals surface area contributed by atoms with E-state index in [1.54, 1.807) is 0 Å². The van der Waals surface area contributed by atoms with E-state index in [0.29, 0.717) is 38.5 Å². The lowest BCUT2D eigenvalue weighted by molar-refractivity contribution is -0.384. The van der Waals surface area contributed by atoms with Crippen LogP contribution in [0.15, 0.2) is 12.2 Å². The molecule has 13 N–H and O–H groups in total. The zero-order chi connectivity index (χ0) is 47.1. The van der Waals surface area contributed by atoms with Crippen molar-refractivity contribution >= 4 is 5.97 Å². The molecule has 0 radical (unpaired) electrons. The summed E-state index contributed by atoms with van der Waals surface area (Å²) in [6.45, 7) is 7.86. The summed E-state index contributed by atoms with van der Waals surface area (Å²) >= 11 is 0. The number of carbonyl (C=O) groups is 1. The summed E-state index contributed by atoms with van der Waals surface area (Å²) < 4.78 is 35.8. The molecule has 17 unspecified atom stereocenters. The Kier molecular flexibility index (Phi) is 17.0. The molecule has 0 bridgehead atoms. The number of rotatable bonds is 15. The maximum Gasteiger partial charge on any atom is 0.314 e. The lowest BCUT2D eigenvalue weighted by atomic mass is 9.42. The molecule has 0 aromatic carbocycles. The highest BCUT2D eigenvalue weighted by Crippen LogP contribution is 2.68. The van der Waals surface area contributed by atoms with Crippen molar-refractivity contribution in [2.75, 3.05) is 26.4 Å². The molecule has 6 rings (SSSR count). The van der Waals surface area contributed by atoms with Gasteiger partial charge in [0.1, 0.15) is 61.0 Å². The molecule has 0 aromatic heterocycles. The first kappa shape index (κ1) is 51.9. The average Bonchev–Trinajstić information content (AvgIpc) is 3.37. The summed E-state index contributed by atoms with van der Waals surface area (Å²) in [5, 5.41) is 135. The van der Waals surface area contributed by atoms with E-state index in [-0.39, 0.29) is 41.4 Å². The third kappa shape index (κ3) is 10.3. The molecule has 64 heavy (non-hydrogen) atoms. The zero-order valence-electron chi connectivity index (χ0n) is 37.0. The fourth-order valence-corrected chi connectivity index (χ4v) is 12.4. The number of hydrogen-bond donors (Lipinski definition) is 13. The Hall–Kier alpha value is -1.51. The number of aliphatic hydroxyl groups excluding tert-OH is 13. The quantitative estimate of drug-likeness (QED) is 0.0594. The van der Waals surface area contributed by atoms with E-state index < -0.39 is 142 Å². The predicted molar refractivity (Wildman–Crippen MR) is 219 cm³/mol. The van der Waals surface area contributed by atoms with Crippen LogP contribution < -0.4 is 0 Å². The van der Waals surface area contributed by atoms with Gasteiger partial charge in [-0.25, -0.2) is 0 Å². The van der Waals surface area contributed by atoms with Crippen molar-refractivity contribution in [2.45, 2.75) is 196 Å². The van der Waals surface area contributed by atoms with Crippen molar-refractivity contribution in [3.05, 3.63) is 12.2 Å². The number of carbonyl (C=O) groups excluding carboxylic acids is 1. The highest BCUT2D eigenvalue weighted by Gasteiger charge is 2.63. The molecule has 23 atom stereocenters. The van der Waals surface area contributed by atoms with Crippen LogP contribution in [0.5, 0.6) is 0 Å². The van der Waals surface area contributed by atoms with E-state index in [1.165, 1.54) is 0 Å². The molecule has 20 heteroatoms. The van der Waals surface area contributed by atoms with Gasteiger partial charge in [0.05, 0.1) is 50.2 Å². The summed E-state index contributed by atoms with van der Waals surface area (Å²) in [4.78, 5) is 15.0. The maximum atomic E-state index is 15.0. The van der Waals surface area contributed by atoms with Gasteiger partial charge in [-0.05, 0) is 86.9 Å². The Morgan fingerprint density at radius 3 is 1.98 bits per heavy atom. The Labute approximate surface area is 373 Å². The van der Waals surface area contributed by atoms with Crippen molar-refractivity contribution in [1.29, 1.82) is 0 Å². The molecular weight excluding hydrogens is 848 g/mol. The first-order chi connectivity index (χ1) is 30.2. The first-order valence-electron chi connectivity index (χ1n) is 22.9. The smallest absolute Gasteiger partial charge is 0.314 e. The largest absolute Gasteiger partial charge is 0.432 e. The number of allylic oxidation sites excluding steroid dienone is 1. The SMILES string of the molecule is C=C1C[C@@]2(C)CC[C@H]3[C@@](C)(CCC[C@@]3(C)C(=O)OC3OC(CO)C(O)C(OC4OC(CO)C(O)C(O)C4O)C3OC3OC(CO)C(O)CC3O)[C@@H]2CC[C@@H]1CC(O)CC(O)C(O)CO. The minimum Gasteiger partial charge on any atom is -0.432 e.